The number of methoxy groups -OCH3 is 2. The van der Waals surface area contributed by atoms with Crippen molar-refractivity contribution in [2.45, 2.75) is 6.54 Å². The molecule has 0 saturated heterocycles. The van der Waals surface area contributed by atoms with Crippen LogP contribution in [0.4, 0.5) is 0 Å². The Kier molecular flexibility index (Phi) is 6.19. The number of nitrogens with zero attached hydrogens (tertiary/aromatic N) is 3. The number of likely N-dealkylation sites (N-methyl/N-ethyl adjacent to an activating group) is 1. The van der Waals surface area contributed by atoms with Gasteiger partial charge in [0.25, 0.3) is 5.56 Å². The predicted octanol–water partition coefficient (Wildman–Crippen LogP) is 4.93. The van der Waals surface area contributed by atoms with E-state index in [1.54, 1.807) is 55.2 Å². The number of halogens is 1. The van der Waals surface area contributed by atoms with Gasteiger partial charge in [-0.3, -0.25) is 19.1 Å². The molecule has 35 heavy (non-hydrogen) atoms. The third-order valence-corrected chi connectivity index (χ3v) is 7.07. The van der Waals surface area contributed by atoms with Crippen LogP contribution >= 0.6 is 22.9 Å². The summed E-state index contributed by atoms with van der Waals surface area (Å²) in [6.07, 6.45) is 0. The van der Waals surface area contributed by atoms with Gasteiger partial charge in [-0.05, 0) is 37.4 Å². The minimum Gasteiger partial charge on any atom is -0.497 e. The van der Waals surface area contributed by atoms with Crippen molar-refractivity contribution in [2.75, 3.05) is 27.8 Å². The summed E-state index contributed by atoms with van der Waals surface area (Å²) in [4.78, 5) is 33.7. The van der Waals surface area contributed by atoms with Crippen molar-refractivity contribution in [3.63, 3.8) is 0 Å². The quantitative estimate of drug-likeness (QED) is 0.381. The molecule has 0 aliphatic carbocycles. The molecule has 0 radical (unpaired) electrons. The molecular weight excluding hydrogens is 486 g/mol. The zero-order chi connectivity index (χ0) is 24.7. The van der Waals surface area contributed by atoms with Gasteiger partial charge >= 0.3 is 0 Å². The van der Waals surface area contributed by atoms with Crippen molar-refractivity contribution >= 4 is 28.7 Å². The van der Waals surface area contributed by atoms with Crippen LogP contribution in [-0.4, -0.2) is 48.0 Å². The zero-order valence-electron chi connectivity index (χ0n) is 19.4. The van der Waals surface area contributed by atoms with Gasteiger partial charge in [0.05, 0.1) is 43.4 Å². The Bertz CT molecular complexity index is 1490. The van der Waals surface area contributed by atoms with Crippen molar-refractivity contribution in [1.82, 2.24) is 14.5 Å². The number of hydrogen-bond acceptors (Lipinski definition) is 7. The molecule has 9 heteroatoms. The number of carbonyl (C=O) groups excluding carboxylic acids is 1. The smallest absolute Gasteiger partial charge is 0.265 e. The number of benzene rings is 2. The fourth-order valence-corrected chi connectivity index (χ4v) is 5.18. The molecule has 2 aromatic heterocycles. The molecule has 1 aliphatic heterocycles. The Morgan fingerprint density at radius 3 is 2.46 bits per heavy atom. The first-order chi connectivity index (χ1) is 16.9. The monoisotopic (exact) mass is 507 g/mol. The first-order valence-electron chi connectivity index (χ1n) is 10.8. The predicted molar refractivity (Wildman–Crippen MR) is 137 cm³/mol. The topological polar surface area (TPSA) is 73.7 Å². The van der Waals surface area contributed by atoms with Gasteiger partial charge in [0.15, 0.2) is 5.78 Å². The van der Waals surface area contributed by atoms with E-state index in [-0.39, 0.29) is 17.9 Å². The van der Waals surface area contributed by atoms with E-state index in [1.807, 2.05) is 29.5 Å². The number of Topliss-reactive ketones (excluding diaryl/α,β-unsaturated/α-hetero) is 1. The van der Waals surface area contributed by atoms with Gasteiger partial charge in [0.2, 0.25) is 0 Å². The molecule has 7 nitrogen and oxygen atoms in total. The number of ketones is 1. The van der Waals surface area contributed by atoms with Gasteiger partial charge in [-0.15, -0.1) is 11.3 Å². The van der Waals surface area contributed by atoms with Gasteiger partial charge in [-0.25, -0.2) is 4.98 Å². The van der Waals surface area contributed by atoms with E-state index in [0.29, 0.717) is 50.6 Å². The van der Waals surface area contributed by atoms with Gasteiger partial charge in [0, 0.05) is 34.1 Å². The SMILES string of the molecule is COc1ccc(OC)c(-n2c3c(cc(-c4nc(-c5ccc(Cl)cc5)cs4)c2=O)C(=O)CN(C)C3)c1. The lowest BCUT2D eigenvalue weighted by molar-refractivity contribution is 0.0919. The maximum atomic E-state index is 14.0. The summed E-state index contributed by atoms with van der Waals surface area (Å²) in [5.41, 5.74) is 3.32. The second kappa shape index (κ2) is 9.30. The van der Waals surface area contributed by atoms with E-state index in [4.69, 9.17) is 26.1 Å². The second-order valence-corrected chi connectivity index (χ2v) is 9.53. The lowest BCUT2D eigenvalue weighted by Gasteiger charge is -2.28. The highest BCUT2D eigenvalue weighted by atomic mass is 35.5. The fraction of sp³-hybridized carbons (Fsp3) is 0.192. The molecule has 0 spiro atoms. The highest BCUT2D eigenvalue weighted by molar-refractivity contribution is 7.13. The average Bonchev–Trinajstić information content (AvgIpc) is 3.34. The first kappa shape index (κ1) is 23.3. The summed E-state index contributed by atoms with van der Waals surface area (Å²) in [6.45, 7) is 0.707. The number of pyridine rings is 1. The summed E-state index contributed by atoms with van der Waals surface area (Å²) in [7, 11) is 4.96. The van der Waals surface area contributed by atoms with Crippen molar-refractivity contribution < 1.29 is 14.3 Å². The minimum absolute atomic E-state index is 0.0555. The number of ether oxygens (including phenoxy) is 2. The number of thiazole rings is 1. The number of hydrogen-bond donors (Lipinski definition) is 0. The van der Waals surface area contributed by atoms with E-state index >= 15 is 0 Å². The Labute approximate surface area is 211 Å². The first-order valence-corrected chi connectivity index (χ1v) is 12.1. The third-order valence-electron chi connectivity index (χ3n) is 5.94. The summed E-state index contributed by atoms with van der Waals surface area (Å²) >= 11 is 7.37. The molecule has 3 heterocycles. The van der Waals surface area contributed by atoms with Crippen LogP contribution in [0.1, 0.15) is 16.1 Å². The summed E-state index contributed by atoms with van der Waals surface area (Å²) in [6, 6.07) is 14.3. The van der Waals surface area contributed by atoms with Crippen LogP contribution in [0.3, 0.4) is 0 Å². The summed E-state index contributed by atoms with van der Waals surface area (Å²) in [5, 5.41) is 3.06. The number of aromatic nitrogens is 2. The molecule has 0 amide bonds. The molecule has 0 fully saturated rings. The summed E-state index contributed by atoms with van der Waals surface area (Å²) in [5.74, 6) is 1.01. The van der Waals surface area contributed by atoms with Crippen molar-refractivity contribution in [3.8, 4) is 39.0 Å². The Morgan fingerprint density at radius 1 is 0.971 bits per heavy atom. The number of carbonyl (C=O) groups is 1. The van der Waals surface area contributed by atoms with E-state index in [2.05, 4.69) is 0 Å². The molecule has 0 N–H and O–H groups in total. The summed E-state index contributed by atoms with van der Waals surface area (Å²) < 4.78 is 12.5. The van der Waals surface area contributed by atoms with Crippen LogP contribution < -0.4 is 15.0 Å². The van der Waals surface area contributed by atoms with Crippen LogP contribution in [-0.2, 0) is 6.54 Å². The van der Waals surface area contributed by atoms with Gasteiger partial charge in [-0.1, -0.05) is 23.7 Å². The molecule has 0 saturated carbocycles. The highest BCUT2D eigenvalue weighted by Crippen LogP contribution is 2.33. The molecule has 0 unspecified atom stereocenters. The van der Waals surface area contributed by atoms with Crippen molar-refractivity contribution in [3.05, 3.63) is 80.5 Å². The molecule has 0 bridgehead atoms. The largest absolute Gasteiger partial charge is 0.497 e. The van der Waals surface area contributed by atoms with Gasteiger partial charge in [0.1, 0.15) is 16.5 Å². The number of rotatable bonds is 5. The molecule has 5 rings (SSSR count). The Balaban J connectivity index is 1.75. The Morgan fingerprint density at radius 2 is 1.74 bits per heavy atom. The second-order valence-electron chi connectivity index (χ2n) is 8.24. The molecular formula is C26H22ClN3O4S. The standard InChI is InChI=1S/C26H22ClN3O4S/c1-29-12-22-18(23(31)13-29)11-19(25-28-20(14-35-25)15-4-6-16(27)7-5-15)26(32)30(22)21-10-17(33-2)8-9-24(21)34-3/h4-11,14H,12-13H2,1-3H3. The maximum Gasteiger partial charge on any atom is 0.265 e. The van der Waals surface area contributed by atoms with E-state index < -0.39 is 0 Å². The van der Waals surface area contributed by atoms with Crippen LogP contribution in [0, 0.1) is 0 Å². The van der Waals surface area contributed by atoms with E-state index in [0.717, 1.165) is 11.3 Å². The maximum absolute atomic E-state index is 14.0. The lowest BCUT2D eigenvalue weighted by Crippen LogP contribution is -2.37. The number of fused-ring (bicyclic) bond motifs is 1. The van der Waals surface area contributed by atoms with E-state index in [1.165, 1.54) is 11.3 Å². The molecule has 1 aliphatic rings. The van der Waals surface area contributed by atoms with Crippen LogP contribution in [0.25, 0.3) is 27.5 Å². The van der Waals surface area contributed by atoms with Crippen molar-refractivity contribution in [1.29, 1.82) is 0 Å². The molecule has 0 atom stereocenters. The average molecular weight is 508 g/mol. The van der Waals surface area contributed by atoms with Crippen LogP contribution in [0.15, 0.2) is 58.7 Å². The molecule has 2 aromatic carbocycles. The molecule has 178 valence electrons. The lowest BCUT2D eigenvalue weighted by atomic mass is 10.0. The molecule has 4 aromatic rings. The van der Waals surface area contributed by atoms with Crippen LogP contribution in [0.2, 0.25) is 5.02 Å². The fourth-order valence-electron chi connectivity index (χ4n) is 4.22. The highest BCUT2D eigenvalue weighted by Gasteiger charge is 2.29. The zero-order valence-corrected chi connectivity index (χ0v) is 20.9. The minimum atomic E-state index is -0.282. The van der Waals surface area contributed by atoms with Gasteiger partial charge < -0.3 is 9.47 Å². The van der Waals surface area contributed by atoms with E-state index in [9.17, 15) is 9.59 Å². The van der Waals surface area contributed by atoms with Gasteiger partial charge in [-0.2, -0.15) is 0 Å². The Hall–Kier alpha value is -3.46. The van der Waals surface area contributed by atoms with Crippen molar-refractivity contribution in [2.24, 2.45) is 0 Å². The van der Waals surface area contributed by atoms with Crippen LogP contribution in [0.5, 0.6) is 11.5 Å². The third kappa shape index (κ3) is 4.25. The normalized spacial score (nSPS) is 13.5.